The van der Waals surface area contributed by atoms with Crippen LogP contribution < -0.4 is 10.2 Å². The average Bonchev–Trinajstić information content (AvgIpc) is 3.30. The van der Waals surface area contributed by atoms with Gasteiger partial charge in [0.25, 0.3) is 0 Å². The van der Waals surface area contributed by atoms with Crippen molar-refractivity contribution in [1.29, 1.82) is 0 Å². The summed E-state index contributed by atoms with van der Waals surface area (Å²) in [6.07, 6.45) is 6.19. The normalized spacial score (nSPS) is 27.7. The lowest BCUT2D eigenvalue weighted by Gasteiger charge is -2.38. The molecule has 1 N–H and O–H groups in total. The first-order valence-corrected chi connectivity index (χ1v) is 9.36. The molecule has 1 saturated heterocycles. The lowest BCUT2D eigenvalue weighted by Crippen LogP contribution is -2.55. The van der Waals surface area contributed by atoms with Crippen molar-refractivity contribution in [3.8, 4) is 0 Å². The van der Waals surface area contributed by atoms with Crippen molar-refractivity contribution in [2.45, 2.75) is 64.1 Å². The Labute approximate surface area is 139 Å². The molecule has 1 unspecified atom stereocenters. The van der Waals surface area contributed by atoms with Gasteiger partial charge in [-0.1, -0.05) is 19.4 Å². The summed E-state index contributed by atoms with van der Waals surface area (Å²) >= 11 is 0. The molecule has 4 heteroatoms. The van der Waals surface area contributed by atoms with Crippen LogP contribution in [-0.2, 0) is 11.2 Å². The van der Waals surface area contributed by atoms with E-state index in [9.17, 15) is 0 Å². The van der Waals surface area contributed by atoms with Crippen LogP contribution in [0.5, 0.6) is 0 Å². The highest BCUT2D eigenvalue weighted by atomic mass is 16.5. The van der Waals surface area contributed by atoms with Crippen LogP contribution in [0.1, 0.15) is 56.9 Å². The van der Waals surface area contributed by atoms with Crippen LogP contribution in [0.25, 0.3) is 0 Å². The van der Waals surface area contributed by atoms with Crippen LogP contribution in [0.4, 0.5) is 5.82 Å². The van der Waals surface area contributed by atoms with E-state index in [1.165, 1.54) is 24.2 Å². The van der Waals surface area contributed by atoms with Crippen LogP contribution in [0, 0.1) is 5.92 Å². The Morgan fingerprint density at radius 3 is 3.00 bits per heavy atom. The molecular weight excluding hydrogens is 286 g/mol. The van der Waals surface area contributed by atoms with Gasteiger partial charge in [-0.2, -0.15) is 0 Å². The van der Waals surface area contributed by atoms with Crippen LogP contribution in [0.3, 0.4) is 0 Å². The summed E-state index contributed by atoms with van der Waals surface area (Å²) < 4.78 is 6.22. The minimum Gasteiger partial charge on any atom is -0.372 e. The van der Waals surface area contributed by atoms with Gasteiger partial charge in [-0.05, 0) is 50.2 Å². The van der Waals surface area contributed by atoms with E-state index in [-0.39, 0.29) is 6.10 Å². The van der Waals surface area contributed by atoms with E-state index < -0.39 is 0 Å². The second-order valence-electron chi connectivity index (χ2n) is 7.55. The molecule has 23 heavy (non-hydrogen) atoms. The first-order valence-electron chi connectivity index (χ1n) is 9.36. The first kappa shape index (κ1) is 15.4. The van der Waals surface area contributed by atoms with Crippen molar-refractivity contribution < 1.29 is 4.74 Å². The number of pyridine rings is 1. The summed E-state index contributed by atoms with van der Waals surface area (Å²) in [6, 6.07) is 5.61. The minimum atomic E-state index is 0.170. The quantitative estimate of drug-likeness (QED) is 0.875. The van der Waals surface area contributed by atoms with Crippen molar-refractivity contribution >= 4 is 5.82 Å². The maximum absolute atomic E-state index is 6.22. The van der Waals surface area contributed by atoms with E-state index in [0.29, 0.717) is 12.1 Å². The highest BCUT2D eigenvalue weighted by Crippen LogP contribution is 2.36. The van der Waals surface area contributed by atoms with Gasteiger partial charge in [0, 0.05) is 25.2 Å². The van der Waals surface area contributed by atoms with E-state index in [2.05, 4.69) is 36.2 Å². The molecule has 0 bridgehead atoms. The molecule has 2 fully saturated rings. The molecule has 1 aliphatic carbocycles. The number of anilines is 1. The second-order valence-corrected chi connectivity index (χ2v) is 7.55. The number of rotatable bonds is 6. The van der Waals surface area contributed by atoms with Gasteiger partial charge in [0.2, 0.25) is 0 Å². The van der Waals surface area contributed by atoms with Crippen LogP contribution in [0.2, 0.25) is 0 Å². The summed E-state index contributed by atoms with van der Waals surface area (Å²) in [5.74, 6) is 2.03. The molecule has 1 aromatic heterocycles. The summed E-state index contributed by atoms with van der Waals surface area (Å²) in [5, 5.41) is 3.54. The van der Waals surface area contributed by atoms with Gasteiger partial charge < -0.3 is 15.0 Å². The highest BCUT2D eigenvalue weighted by Gasteiger charge is 2.36. The average molecular weight is 315 g/mol. The maximum atomic E-state index is 6.22. The summed E-state index contributed by atoms with van der Waals surface area (Å²) in [6.45, 7) is 7.58. The van der Waals surface area contributed by atoms with Crippen molar-refractivity contribution in [3.63, 3.8) is 0 Å². The Balaban J connectivity index is 1.56. The number of nitrogens with zero attached hydrogens (tertiary/aromatic N) is 2. The van der Waals surface area contributed by atoms with Crippen molar-refractivity contribution in [2.24, 2.45) is 5.92 Å². The number of fused-ring (bicyclic) bond motifs is 3. The molecule has 126 valence electrons. The molecule has 1 saturated carbocycles. The lowest BCUT2D eigenvalue weighted by atomic mass is 10.1. The number of hydrogen-bond acceptors (Lipinski definition) is 4. The smallest absolute Gasteiger partial charge is 0.132 e. The predicted molar refractivity (Wildman–Crippen MR) is 92.9 cm³/mol. The van der Waals surface area contributed by atoms with E-state index in [4.69, 9.17) is 9.72 Å². The first-order chi connectivity index (χ1) is 11.3. The third-order valence-corrected chi connectivity index (χ3v) is 5.48. The number of ether oxygens (including phenoxy) is 1. The van der Waals surface area contributed by atoms with E-state index >= 15 is 0 Å². The van der Waals surface area contributed by atoms with Gasteiger partial charge in [-0.3, -0.25) is 0 Å². The van der Waals surface area contributed by atoms with Crippen LogP contribution >= 0.6 is 0 Å². The van der Waals surface area contributed by atoms with E-state index in [1.807, 2.05) is 0 Å². The van der Waals surface area contributed by atoms with Gasteiger partial charge in [-0.25, -0.2) is 4.98 Å². The molecule has 0 radical (unpaired) electrons. The van der Waals surface area contributed by atoms with E-state index in [1.54, 1.807) is 0 Å². The Hall–Kier alpha value is -1.13. The SMILES string of the molecule is CCCC(OCC1CC1)c1ccc2c(n1)N1[C@@H](CNC[C@H]1C)C2. The zero-order chi connectivity index (χ0) is 15.8. The molecule has 0 amide bonds. The number of hydrogen-bond donors (Lipinski definition) is 1. The fourth-order valence-electron chi connectivity index (χ4n) is 3.99. The Morgan fingerprint density at radius 1 is 1.35 bits per heavy atom. The predicted octanol–water partition coefficient (Wildman–Crippen LogP) is 3.07. The molecule has 1 aromatic rings. The van der Waals surface area contributed by atoms with Crippen molar-refractivity contribution in [1.82, 2.24) is 10.3 Å². The number of nitrogens with one attached hydrogen (secondary N) is 1. The fraction of sp³-hybridized carbons (Fsp3) is 0.737. The Kier molecular flexibility index (Phi) is 4.29. The molecule has 3 atom stereocenters. The zero-order valence-electron chi connectivity index (χ0n) is 14.4. The zero-order valence-corrected chi connectivity index (χ0v) is 14.4. The third kappa shape index (κ3) is 3.11. The number of piperazine rings is 1. The second kappa shape index (κ2) is 6.40. The van der Waals surface area contributed by atoms with Gasteiger partial charge in [0.15, 0.2) is 0 Å². The third-order valence-electron chi connectivity index (χ3n) is 5.48. The van der Waals surface area contributed by atoms with Crippen molar-refractivity contribution in [2.75, 3.05) is 24.6 Å². The van der Waals surface area contributed by atoms with Crippen LogP contribution in [-0.4, -0.2) is 36.8 Å². The molecule has 3 aliphatic rings. The van der Waals surface area contributed by atoms with E-state index in [0.717, 1.165) is 50.6 Å². The monoisotopic (exact) mass is 315 g/mol. The molecule has 4 nitrogen and oxygen atoms in total. The molecular formula is C19H29N3O. The minimum absolute atomic E-state index is 0.170. The molecule has 4 rings (SSSR count). The Morgan fingerprint density at radius 2 is 2.22 bits per heavy atom. The summed E-state index contributed by atoms with van der Waals surface area (Å²) in [7, 11) is 0. The summed E-state index contributed by atoms with van der Waals surface area (Å²) in [5.41, 5.74) is 2.55. The van der Waals surface area contributed by atoms with Gasteiger partial charge in [0.05, 0.1) is 18.4 Å². The molecule has 3 heterocycles. The molecule has 0 aromatic carbocycles. The molecule has 2 aliphatic heterocycles. The van der Waals surface area contributed by atoms with Crippen molar-refractivity contribution in [3.05, 3.63) is 23.4 Å². The fourth-order valence-corrected chi connectivity index (χ4v) is 3.99. The standard InChI is InChI=1S/C19H29N3O/c1-3-4-18(23-12-14-5-6-14)17-8-7-15-9-16-11-20-10-13(2)22(16)19(15)21-17/h7-8,13-14,16,18,20H,3-6,9-12H2,1-2H3/t13-,16-,18?/m1/s1. The van der Waals surface area contributed by atoms with Gasteiger partial charge in [0.1, 0.15) is 5.82 Å². The summed E-state index contributed by atoms with van der Waals surface area (Å²) in [4.78, 5) is 7.62. The molecule has 0 spiro atoms. The van der Waals surface area contributed by atoms with Gasteiger partial charge >= 0.3 is 0 Å². The highest BCUT2D eigenvalue weighted by molar-refractivity contribution is 5.56. The maximum Gasteiger partial charge on any atom is 0.132 e. The largest absolute Gasteiger partial charge is 0.372 e. The number of aromatic nitrogens is 1. The topological polar surface area (TPSA) is 37.4 Å². The lowest BCUT2D eigenvalue weighted by molar-refractivity contribution is 0.0362. The van der Waals surface area contributed by atoms with Crippen LogP contribution in [0.15, 0.2) is 12.1 Å². The van der Waals surface area contributed by atoms with Gasteiger partial charge in [-0.15, -0.1) is 0 Å². The Bertz CT molecular complexity index is 558.